The van der Waals surface area contributed by atoms with Crippen molar-refractivity contribution in [2.45, 2.75) is 31.7 Å². The number of rotatable bonds is 3. The molecule has 3 heterocycles. The zero-order chi connectivity index (χ0) is 19.0. The van der Waals surface area contributed by atoms with Crippen molar-refractivity contribution in [2.24, 2.45) is 13.0 Å². The van der Waals surface area contributed by atoms with Gasteiger partial charge >= 0.3 is 0 Å². The van der Waals surface area contributed by atoms with Crippen LogP contribution in [0.25, 0.3) is 0 Å². The summed E-state index contributed by atoms with van der Waals surface area (Å²) in [6.45, 7) is 4.08. The maximum Gasteiger partial charge on any atom is 0.274 e. The van der Waals surface area contributed by atoms with Gasteiger partial charge in [-0.15, -0.1) is 0 Å². The molecule has 0 spiro atoms. The Labute approximate surface area is 159 Å². The molecule has 142 valence electrons. The molecule has 1 aromatic heterocycles. The number of piperidine rings is 1. The van der Waals surface area contributed by atoms with Gasteiger partial charge in [0, 0.05) is 32.9 Å². The molecule has 4 rings (SSSR count). The number of fused-ring (bicyclic) bond motifs is 1. The molecule has 27 heavy (non-hydrogen) atoms. The van der Waals surface area contributed by atoms with Crippen molar-refractivity contribution in [3.63, 3.8) is 0 Å². The number of amides is 2. The molecule has 2 aromatic rings. The molecule has 0 N–H and O–H groups in total. The SMILES string of the molecule is C[C@@H](C(=O)N1CCC[C@H]2CN(C(=O)c3ccn(C)n3)C[C@H]21)c1ccccc1. The lowest BCUT2D eigenvalue weighted by Gasteiger charge is -2.38. The molecule has 0 unspecified atom stereocenters. The van der Waals surface area contributed by atoms with Gasteiger partial charge < -0.3 is 9.80 Å². The van der Waals surface area contributed by atoms with Gasteiger partial charge in [0.15, 0.2) is 0 Å². The first-order valence-corrected chi connectivity index (χ1v) is 9.69. The minimum atomic E-state index is -0.162. The monoisotopic (exact) mass is 366 g/mol. The first-order valence-electron chi connectivity index (χ1n) is 9.69. The van der Waals surface area contributed by atoms with Crippen LogP contribution < -0.4 is 0 Å². The maximum atomic E-state index is 13.2. The van der Waals surface area contributed by atoms with E-state index in [1.54, 1.807) is 16.9 Å². The highest BCUT2D eigenvalue weighted by Gasteiger charge is 2.43. The third-order valence-corrected chi connectivity index (χ3v) is 5.95. The number of hydrogen-bond acceptors (Lipinski definition) is 3. The van der Waals surface area contributed by atoms with Crippen LogP contribution in [0.2, 0.25) is 0 Å². The second-order valence-corrected chi connectivity index (χ2v) is 7.72. The second-order valence-electron chi connectivity index (χ2n) is 7.72. The van der Waals surface area contributed by atoms with Gasteiger partial charge in [-0.25, -0.2) is 0 Å². The van der Waals surface area contributed by atoms with E-state index in [9.17, 15) is 9.59 Å². The van der Waals surface area contributed by atoms with E-state index in [0.717, 1.165) is 24.9 Å². The smallest absolute Gasteiger partial charge is 0.274 e. The van der Waals surface area contributed by atoms with Crippen LogP contribution in [0.4, 0.5) is 0 Å². The van der Waals surface area contributed by atoms with E-state index in [2.05, 4.69) is 5.10 Å². The number of nitrogens with zero attached hydrogens (tertiary/aromatic N) is 4. The van der Waals surface area contributed by atoms with Gasteiger partial charge in [0.25, 0.3) is 5.91 Å². The summed E-state index contributed by atoms with van der Waals surface area (Å²) in [6, 6.07) is 11.8. The maximum absolute atomic E-state index is 13.2. The fourth-order valence-corrected chi connectivity index (χ4v) is 4.44. The third-order valence-electron chi connectivity index (χ3n) is 5.95. The van der Waals surface area contributed by atoms with E-state index in [0.29, 0.717) is 24.7 Å². The molecular weight excluding hydrogens is 340 g/mol. The summed E-state index contributed by atoms with van der Waals surface area (Å²) in [4.78, 5) is 29.9. The minimum Gasteiger partial charge on any atom is -0.337 e. The Kier molecular flexibility index (Phi) is 4.72. The summed E-state index contributed by atoms with van der Waals surface area (Å²) in [5, 5.41) is 4.24. The van der Waals surface area contributed by atoms with Crippen molar-refractivity contribution in [1.82, 2.24) is 19.6 Å². The zero-order valence-corrected chi connectivity index (χ0v) is 15.9. The van der Waals surface area contributed by atoms with Crippen LogP contribution in [-0.2, 0) is 11.8 Å². The van der Waals surface area contributed by atoms with E-state index in [1.165, 1.54) is 0 Å². The van der Waals surface area contributed by atoms with Crippen LogP contribution in [0.1, 0.15) is 41.7 Å². The molecule has 0 saturated carbocycles. The predicted octanol–water partition coefficient (Wildman–Crippen LogP) is 2.29. The number of carbonyl (C=O) groups excluding carboxylic acids is 2. The van der Waals surface area contributed by atoms with E-state index >= 15 is 0 Å². The molecule has 0 radical (unpaired) electrons. The average Bonchev–Trinajstić information content (AvgIpc) is 3.33. The highest BCUT2D eigenvalue weighted by atomic mass is 16.2. The first kappa shape index (κ1) is 17.8. The molecule has 1 aromatic carbocycles. The Balaban J connectivity index is 1.49. The largest absolute Gasteiger partial charge is 0.337 e. The number of likely N-dealkylation sites (tertiary alicyclic amines) is 2. The summed E-state index contributed by atoms with van der Waals surface area (Å²) in [6.07, 6.45) is 3.86. The van der Waals surface area contributed by atoms with Gasteiger partial charge in [0.1, 0.15) is 5.69 Å². The number of aromatic nitrogens is 2. The van der Waals surface area contributed by atoms with Crippen LogP contribution in [0.5, 0.6) is 0 Å². The van der Waals surface area contributed by atoms with Gasteiger partial charge in [-0.05, 0) is 37.3 Å². The van der Waals surface area contributed by atoms with Crippen LogP contribution in [-0.4, -0.2) is 57.1 Å². The van der Waals surface area contributed by atoms with E-state index in [4.69, 9.17) is 0 Å². The van der Waals surface area contributed by atoms with Gasteiger partial charge in [-0.2, -0.15) is 5.10 Å². The normalized spacial score (nSPS) is 23.2. The summed E-state index contributed by atoms with van der Waals surface area (Å²) in [5.74, 6) is 0.334. The van der Waals surface area contributed by atoms with Crippen molar-refractivity contribution >= 4 is 11.8 Å². The standard InChI is InChI=1S/C21H26N4O2/c1-15(16-7-4-3-5-8-16)20(26)25-11-6-9-17-13-24(14-19(17)25)21(27)18-10-12-23(2)22-18/h3-5,7-8,10,12,15,17,19H,6,9,11,13-14H2,1-2H3/t15-,17+,19-/m1/s1. The Morgan fingerprint density at radius 3 is 2.63 bits per heavy atom. The van der Waals surface area contributed by atoms with E-state index in [-0.39, 0.29) is 23.8 Å². The molecule has 6 heteroatoms. The molecule has 0 aliphatic carbocycles. The highest BCUT2D eigenvalue weighted by Crippen LogP contribution is 2.33. The first-order chi connectivity index (χ1) is 13.0. The van der Waals surface area contributed by atoms with Gasteiger partial charge in [-0.1, -0.05) is 30.3 Å². The predicted molar refractivity (Wildman–Crippen MR) is 102 cm³/mol. The number of benzene rings is 1. The number of carbonyl (C=O) groups is 2. The topological polar surface area (TPSA) is 58.4 Å². The Morgan fingerprint density at radius 1 is 1.15 bits per heavy atom. The van der Waals surface area contributed by atoms with Crippen molar-refractivity contribution in [3.05, 3.63) is 53.9 Å². The Bertz CT molecular complexity index is 832. The molecular formula is C21H26N4O2. The highest BCUT2D eigenvalue weighted by molar-refractivity contribution is 5.92. The molecule has 0 bridgehead atoms. The van der Waals surface area contributed by atoms with E-state index < -0.39 is 0 Å². The van der Waals surface area contributed by atoms with Gasteiger partial charge in [0.05, 0.1) is 12.0 Å². The zero-order valence-electron chi connectivity index (χ0n) is 15.9. The fourth-order valence-electron chi connectivity index (χ4n) is 4.44. The van der Waals surface area contributed by atoms with E-state index in [1.807, 2.05) is 54.1 Å². The Morgan fingerprint density at radius 2 is 1.93 bits per heavy atom. The Hall–Kier alpha value is -2.63. The molecule has 2 amide bonds. The summed E-state index contributed by atoms with van der Waals surface area (Å²) in [7, 11) is 1.81. The summed E-state index contributed by atoms with van der Waals surface area (Å²) >= 11 is 0. The molecule has 2 aliphatic rings. The van der Waals surface area contributed by atoms with Crippen LogP contribution in [0.15, 0.2) is 42.6 Å². The molecule has 2 fully saturated rings. The third kappa shape index (κ3) is 3.36. The summed E-state index contributed by atoms with van der Waals surface area (Å²) < 4.78 is 1.65. The second kappa shape index (κ2) is 7.18. The fraction of sp³-hybridized carbons (Fsp3) is 0.476. The molecule has 2 saturated heterocycles. The molecule has 3 atom stereocenters. The van der Waals surface area contributed by atoms with Crippen molar-refractivity contribution in [1.29, 1.82) is 0 Å². The minimum absolute atomic E-state index is 0.0338. The number of aryl methyl sites for hydroxylation is 1. The van der Waals surface area contributed by atoms with Crippen LogP contribution >= 0.6 is 0 Å². The van der Waals surface area contributed by atoms with Crippen LogP contribution in [0.3, 0.4) is 0 Å². The lowest BCUT2D eigenvalue weighted by atomic mass is 9.90. The molecule has 2 aliphatic heterocycles. The quantitative estimate of drug-likeness (QED) is 0.837. The lowest BCUT2D eigenvalue weighted by Crippen LogP contribution is -2.49. The number of hydrogen-bond donors (Lipinski definition) is 0. The van der Waals surface area contributed by atoms with Gasteiger partial charge in [-0.3, -0.25) is 14.3 Å². The van der Waals surface area contributed by atoms with Crippen molar-refractivity contribution in [3.8, 4) is 0 Å². The van der Waals surface area contributed by atoms with Crippen LogP contribution in [0, 0.1) is 5.92 Å². The van der Waals surface area contributed by atoms with Crippen molar-refractivity contribution < 1.29 is 9.59 Å². The molecule has 6 nitrogen and oxygen atoms in total. The van der Waals surface area contributed by atoms with Crippen molar-refractivity contribution in [2.75, 3.05) is 19.6 Å². The average molecular weight is 366 g/mol. The van der Waals surface area contributed by atoms with Gasteiger partial charge in [0.2, 0.25) is 5.91 Å². The lowest BCUT2D eigenvalue weighted by molar-refractivity contribution is -0.136. The summed E-state index contributed by atoms with van der Waals surface area (Å²) in [5.41, 5.74) is 1.52.